The monoisotopic (exact) mass is 515 g/mol. The molecule has 36 heavy (non-hydrogen) atoms. The van der Waals surface area contributed by atoms with Crippen LogP contribution in [0.3, 0.4) is 0 Å². The molecule has 2 atom stereocenters. The third-order valence-corrected chi connectivity index (χ3v) is 8.89. The van der Waals surface area contributed by atoms with Crippen molar-refractivity contribution in [3.05, 3.63) is 89.1 Å². The van der Waals surface area contributed by atoms with Gasteiger partial charge in [0.1, 0.15) is 11.8 Å². The highest BCUT2D eigenvalue weighted by molar-refractivity contribution is 8.00. The summed E-state index contributed by atoms with van der Waals surface area (Å²) in [5.74, 6) is 1.31. The molecule has 0 saturated heterocycles. The number of hydrogen-bond acceptors (Lipinski definition) is 7. The van der Waals surface area contributed by atoms with Gasteiger partial charge in [-0.15, -0.1) is 11.3 Å². The molecule has 6 nitrogen and oxygen atoms in total. The minimum absolute atomic E-state index is 0.178. The number of fused-ring (bicyclic) bond motifs is 4. The predicted molar refractivity (Wildman–Crippen MR) is 145 cm³/mol. The van der Waals surface area contributed by atoms with Crippen molar-refractivity contribution in [3.8, 4) is 5.75 Å². The number of nitrogens with one attached hydrogen (secondary N) is 2. The van der Waals surface area contributed by atoms with Crippen LogP contribution in [-0.4, -0.2) is 36.2 Å². The lowest BCUT2D eigenvalue weighted by molar-refractivity contribution is -0.143. The van der Waals surface area contributed by atoms with Crippen LogP contribution in [0.15, 0.2) is 71.1 Å². The quantitative estimate of drug-likeness (QED) is 0.218. The maximum absolute atomic E-state index is 12.6. The number of methoxy groups -OCH3 is 2. The molecule has 2 N–H and O–H groups in total. The number of H-pyrrole nitrogens is 1. The minimum Gasteiger partial charge on any atom is -0.496 e. The molecule has 0 radical (unpaired) electrons. The van der Waals surface area contributed by atoms with E-state index in [1.54, 1.807) is 30.2 Å². The van der Waals surface area contributed by atoms with E-state index in [0.29, 0.717) is 6.42 Å². The maximum atomic E-state index is 12.6. The van der Waals surface area contributed by atoms with Gasteiger partial charge in [0.2, 0.25) is 0 Å². The number of para-hydroxylation sites is 2. The van der Waals surface area contributed by atoms with Gasteiger partial charge in [-0.1, -0.05) is 48.2 Å². The second-order valence-corrected chi connectivity index (χ2v) is 11.0. The lowest BCUT2D eigenvalue weighted by Crippen LogP contribution is -2.45. The van der Waals surface area contributed by atoms with Crippen molar-refractivity contribution in [2.75, 3.05) is 14.2 Å². The molecule has 182 valence electrons. The van der Waals surface area contributed by atoms with Crippen molar-refractivity contribution in [3.63, 3.8) is 0 Å². The largest absolute Gasteiger partial charge is 0.496 e. The van der Waals surface area contributed by atoms with Crippen LogP contribution in [0.4, 0.5) is 0 Å². The fraction of sp³-hybridized carbons (Fsp3) is 0.214. The number of benzene rings is 3. The standard InChI is InChI=1S/C28H25N3O3S2/c1-33-23-12-11-16(13-17(23)15-35-28-31-21-9-5-6-10-24(21)36-28)25-26-19(14-22(30-25)27(32)34-2)18-7-3-4-8-20(18)29-26/h3-13,22,25,29-30H,14-15H2,1-2H3. The number of carbonyl (C=O) groups excluding carboxylic acids is 1. The number of carbonyl (C=O) groups is 1. The lowest BCUT2D eigenvalue weighted by atomic mass is 9.89. The SMILES string of the molecule is COC(=O)C1Cc2c([nH]c3ccccc23)C(c2ccc(OC)c(CSc3nc4ccccc4s3)c2)N1. The zero-order chi connectivity index (χ0) is 24.6. The Bertz CT molecular complexity index is 1540. The molecule has 6 rings (SSSR count). The van der Waals surface area contributed by atoms with Crippen LogP contribution in [0.25, 0.3) is 21.1 Å². The van der Waals surface area contributed by atoms with Crippen molar-refractivity contribution in [1.29, 1.82) is 0 Å². The number of thioether (sulfide) groups is 1. The van der Waals surface area contributed by atoms with Crippen molar-refractivity contribution < 1.29 is 14.3 Å². The average molecular weight is 516 g/mol. The molecule has 8 heteroatoms. The fourth-order valence-electron chi connectivity index (χ4n) is 4.93. The molecule has 0 aliphatic carbocycles. The van der Waals surface area contributed by atoms with Gasteiger partial charge in [0.05, 0.1) is 30.5 Å². The van der Waals surface area contributed by atoms with Gasteiger partial charge < -0.3 is 14.5 Å². The third kappa shape index (κ3) is 4.15. The Hall–Kier alpha value is -3.33. The molecule has 3 aromatic carbocycles. The minimum atomic E-state index is -0.422. The molecule has 2 unspecified atom stereocenters. The van der Waals surface area contributed by atoms with Crippen molar-refractivity contribution >= 4 is 50.2 Å². The Labute approximate surface area is 217 Å². The summed E-state index contributed by atoms with van der Waals surface area (Å²) in [7, 11) is 3.14. The van der Waals surface area contributed by atoms with Crippen LogP contribution in [0.1, 0.15) is 28.4 Å². The molecule has 5 aromatic rings. The normalized spacial score (nSPS) is 17.3. The van der Waals surface area contributed by atoms with Gasteiger partial charge in [-0.3, -0.25) is 10.1 Å². The Kier molecular flexibility index (Phi) is 6.17. The van der Waals surface area contributed by atoms with Crippen molar-refractivity contribution in [1.82, 2.24) is 15.3 Å². The van der Waals surface area contributed by atoms with E-state index in [2.05, 4.69) is 40.6 Å². The van der Waals surface area contributed by atoms with E-state index in [1.165, 1.54) is 11.8 Å². The molecular weight excluding hydrogens is 490 g/mol. The second kappa shape index (κ2) is 9.61. The van der Waals surface area contributed by atoms with Gasteiger partial charge in [-0.05, 0) is 41.5 Å². The van der Waals surface area contributed by atoms with Crippen LogP contribution >= 0.6 is 23.1 Å². The molecule has 0 amide bonds. The summed E-state index contributed by atoms with van der Waals surface area (Å²) in [4.78, 5) is 21.0. The first-order chi connectivity index (χ1) is 17.6. The summed E-state index contributed by atoms with van der Waals surface area (Å²) in [5.41, 5.74) is 6.49. The number of aromatic nitrogens is 2. The molecule has 3 heterocycles. The third-order valence-electron chi connectivity index (χ3n) is 6.66. The number of hydrogen-bond donors (Lipinski definition) is 2. The van der Waals surface area contributed by atoms with Gasteiger partial charge in [0.25, 0.3) is 0 Å². The number of rotatable bonds is 6. The Balaban J connectivity index is 1.36. The van der Waals surface area contributed by atoms with E-state index in [4.69, 9.17) is 14.5 Å². The smallest absolute Gasteiger partial charge is 0.323 e. The first-order valence-electron chi connectivity index (χ1n) is 11.7. The fourth-order valence-corrected chi connectivity index (χ4v) is 6.98. The van der Waals surface area contributed by atoms with Gasteiger partial charge in [0, 0.05) is 34.3 Å². The van der Waals surface area contributed by atoms with Crippen LogP contribution in [0, 0.1) is 0 Å². The van der Waals surface area contributed by atoms with E-state index in [9.17, 15) is 4.79 Å². The first-order valence-corrected chi connectivity index (χ1v) is 13.5. The summed E-state index contributed by atoms with van der Waals surface area (Å²) in [5, 5.41) is 4.68. The van der Waals surface area contributed by atoms with Crippen LogP contribution in [0.5, 0.6) is 5.75 Å². The predicted octanol–water partition coefficient (Wildman–Crippen LogP) is 5.86. The molecule has 0 fully saturated rings. The Morgan fingerprint density at radius 1 is 1.11 bits per heavy atom. The average Bonchev–Trinajstić information content (AvgIpc) is 3.51. The first kappa shape index (κ1) is 23.1. The van der Waals surface area contributed by atoms with Crippen LogP contribution < -0.4 is 10.1 Å². The maximum Gasteiger partial charge on any atom is 0.323 e. The van der Waals surface area contributed by atoms with Crippen molar-refractivity contribution in [2.45, 2.75) is 28.6 Å². The molecule has 1 aliphatic rings. The molecular formula is C28H25N3O3S2. The van der Waals surface area contributed by atoms with Gasteiger partial charge >= 0.3 is 5.97 Å². The number of nitrogens with zero attached hydrogens (tertiary/aromatic N) is 1. The van der Waals surface area contributed by atoms with Crippen LogP contribution in [0.2, 0.25) is 0 Å². The molecule has 1 aliphatic heterocycles. The summed E-state index contributed by atoms with van der Waals surface area (Å²) >= 11 is 3.41. The van der Waals surface area contributed by atoms with Gasteiger partial charge in [-0.25, -0.2) is 4.98 Å². The van der Waals surface area contributed by atoms with E-state index < -0.39 is 6.04 Å². The van der Waals surface area contributed by atoms with Crippen molar-refractivity contribution in [2.24, 2.45) is 0 Å². The highest BCUT2D eigenvalue weighted by Crippen LogP contribution is 2.38. The number of esters is 1. The van der Waals surface area contributed by atoms with Gasteiger partial charge in [0.15, 0.2) is 4.34 Å². The summed E-state index contributed by atoms with van der Waals surface area (Å²) in [6.45, 7) is 0. The van der Waals surface area contributed by atoms with Crippen LogP contribution in [-0.2, 0) is 21.7 Å². The summed E-state index contributed by atoms with van der Waals surface area (Å²) < 4.78 is 13.0. The van der Waals surface area contributed by atoms with E-state index in [1.807, 2.05) is 36.4 Å². The number of ether oxygens (including phenoxy) is 2. The Morgan fingerprint density at radius 2 is 1.94 bits per heavy atom. The number of aromatic amines is 1. The molecule has 0 spiro atoms. The summed E-state index contributed by atoms with van der Waals surface area (Å²) in [6, 6.07) is 22.1. The summed E-state index contributed by atoms with van der Waals surface area (Å²) in [6.07, 6.45) is 0.582. The van der Waals surface area contributed by atoms with E-state index in [-0.39, 0.29) is 12.0 Å². The zero-order valence-corrected chi connectivity index (χ0v) is 21.5. The topological polar surface area (TPSA) is 76.2 Å². The lowest BCUT2D eigenvalue weighted by Gasteiger charge is -2.30. The zero-order valence-electron chi connectivity index (χ0n) is 19.9. The second-order valence-electron chi connectivity index (χ2n) is 8.75. The Morgan fingerprint density at radius 3 is 2.78 bits per heavy atom. The van der Waals surface area contributed by atoms with Gasteiger partial charge in [-0.2, -0.15) is 0 Å². The van der Waals surface area contributed by atoms with E-state index in [0.717, 1.165) is 54.6 Å². The van der Waals surface area contributed by atoms with E-state index >= 15 is 0 Å². The molecule has 2 aromatic heterocycles. The number of thiazole rings is 1. The molecule has 0 bridgehead atoms. The highest BCUT2D eigenvalue weighted by Gasteiger charge is 2.34. The highest BCUT2D eigenvalue weighted by atomic mass is 32.2. The molecule has 0 saturated carbocycles.